The number of hydrogen-bond donors (Lipinski definition) is 1. The number of rotatable bonds is 4. The van der Waals surface area contributed by atoms with E-state index in [2.05, 4.69) is 15.2 Å². The van der Waals surface area contributed by atoms with Crippen LogP contribution in [0.2, 0.25) is 5.15 Å². The van der Waals surface area contributed by atoms with E-state index in [1.54, 1.807) is 42.6 Å². The number of fused-ring (bicyclic) bond motifs is 3. The molecule has 1 aromatic carbocycles. The van der Waals surface area contributed by atoms with Crippen LogP contribution < -0.4 is 10.1 Å². The van der Waals surface area contributed by atoms with Crippen molar-refractivity contribution in [2.45, 2.75) is 18.9 Å². The van der Waals surface area contributed by atoms with E-state index in [4.69, 9.17) is 16.3 Å². The summed E-state index contributed by atoms with van der Waals surface area (Å²) in [7, 11) is 0. The topological polar surface area (TPSA) is 54.5 Å². The predicted molar refractivity (Wildman–Crippen MR) is 96.2 cm³/mol. The van der Waals surface area contributed by atoms with E-state index in [9.17, 15) is 4.79 Å². The van der Waals surface area contributed by atoms with E-state index < -0.39 is 0 Å². The van der Waals surface area contributed by atoms with E-state index in [-0.39, 0.29) is 11.9 Å². The fourth-order valence-corrected chi connectivity index (χ4v) is 3.80. The first-order valence-corrected chi connectivity index (χ1v) is 8.98. The Balaban J connectivity index is 1.39. The quantitative estimate of drug-likeness (QED) is 0.852. The van der Waals surface area contributed by atoms with Crippen molar-refractivity contribution in [2.75, 3.05) is 19.6 Å². The van der Waals surface area contributed by atoms with Crippen LogP contribution >= 0.6 is 11.6 Å². The minimum Gasteiger partial charge on any atom is -0.457 e. The third kappa shape index (κ3) is 3.78. The fraction of sp³-hybridized carbons (Fsp3) is 0.368. The summed E-state index contributed by atoms with van der Waals surface area (Å²) in [6.07, 6.45) is 3.96. The Morgan fingerprint density at radius 2 is 1.92 bits per heavy atom. The number of piperidine rings is 3. The van der Waals surface area contributed by atoms with Gasteiger partial charge < -0.3 is 15.0 Å². The second-order valence-electron chi connectivity index (χ2n) is 6.66. The van der Waals surface area contributed by atoms with Crippen molar-refractivity contribution in [3.8, 4) is 11.5 Å². The Morgan fingerprint density at radius 3 is 2.56 bits per heavy atom. The fourth-order valence-electron chi connectivity index (χ4n) is 3.64. The maximum absolute atomic E-state index is 12.5. The van der Waals surface area contributed by atoms with Gasteiger partial charge in [-0.05, 0) is 62.2 Å². The summed E-state index contributed by atoms with van der Waals surface area (Å²) in [5.74, 6) is 1.87. The summed E-state index contributed by atoms with van der Waals surface area (Å²) in [4.78, 5) is 18.9. The molecule has 1 amide bonds. The largest absolute Gasteiger partial charge is 0.457 e. The first kappa shape index (κ1) is 16.4. The lowest BCUT2D eigenvalue weighted by molar-refractivity contribution is 0.0620. The monoisotopic (exact) mass is 357 g/mol. The molecule has 1 N–H and O–H groups in total. The van der Waals surface area contributed by atoms with Crippen LogP contribution in [0.5, 0.6) is 11.5 Å². The summed E-state index contributed by atoms with van der Waals surface area (Å²) in [5.41, 5.74) is 0.650. The molecule has 5 nitrogen and oxygen atoms in total. The maximum Gasteiger partial charge on any atom is 0.251 e. The Morgan fingerprint density at radius 1 is 1.16 bits per heavy atom. The summed E-state index contributed by atoms with van der Waals surface area (Å²) < 4.78 is 5.72. The van der Waals surface area contributed by atoms with Crippen LogP contribution in [0.15, 0.2) is 42.6 Å². The summed E-state index contributed by atoms with van der Waals surface area (Å²) in [5, 5.41) is 3.58. The Kier molecular flexibility index (Phi) is 4.59. The molecule has 2 bridgehead atoms. The lowest BCUT2D eigenvalue weighted by atomic mass is 9.84. The molecule has 1 aromatic heterocycles. The molecule has 0 unspecified atom stereocenters. The molecule has 1 atom stereocenters. The minimum atomic E-state index is -0.0164. The van der Waals surface area contributed by atoms with E-state index in [0.29, 0.717) is 28.1 Å². The molecule has 6 heteroatoms. The number of ether oxygens (including phenoxy) is 1. The summed E-state index contributed by atoms with van der Waals surface area (Å²) >= 11 is 5.85. The van der Waals surface area contributed by atoms with Gasteiger partial charge in [0.15, 0.2) is 0 Å². The predicted octanol–water partition coefficient (Wildman–Crippen LogP) is 3.35. The van der Waals surface area contributed by atoms with Crippen LogP contribution in [-0.4, -0.2) is 41.5 Å². The Hall–Kier alpha value is -2.11. The second kappa shape index (κ2) is 7.02. The lowest BCUT2D eigenvalue weighted by Crippen LogP contribution is -2.57. The van der Waals surface area contributed by atoms with Crippen molar-refractivity contribution < 1.29 is 9.53 Å². The number of benzene rings is 1. The van der Waals surface area contributed by atoms with Crippen molar-refractivity contribution in [3.63, 3.8) is 0 Å². The van der Waals surface area contributed by atoms with Gasteiger partial charge >= 0.3 is 0 Å². The molecular weight excluding hydrogens is 338 g/mol. The van der Waals surface area contributed by atoms with Gasteiger partial charge in [-0.2, -0.15) is 0 Å². The molecule has 130 valence electrons. The molecular formula is C19H20ClN3O2. The first-order chi connectivity index (χ1) is 12.2. The highest BCUT2D eigenvalue weighted by Gasteiger charge is 2.34. The number of carbonyl (C=O) groups excluding carboxylic acids is 1. The van der Waals surface area contributed by atoms with Gasteiger partial charge in [0.25, 0.3) is 5.91 Å². The Labute approximate surface area is 152 Å². The number of hydrogen-bond acceptors (Lipinski definition) is 4. The van der Waals surface area contributed by atoms with E-state index >= 15 is 0 Å². The average Bonchev–Trinajstić information content (AvgIpc) is 2.63. The third-order valence-electron chi connectivity index (χ3n) is 5.02. The second-order valence-corrected chi connectivity index (χ2v) is 7.05. The molecule has 3 saturated heterocycles. The molecule has 0 saturated carbocycles. The number of halogens is 1. The van der Waals surface area contributed by atoms with Crippen LogP contribution in [0.3, 0.4) is 0 Å². The van der Waals surface area contributed by atoms with Gasteiger partial charge in [-0.1, -0.05) is 11.6 Å². The van der Waals surface area contributed by atoms with Gasteiger partial charge in [0.1, 0.15) is 16.7 Å². The zero-order valence-corrected chi connectivity index (χ0v) is 14.6. The van der Waals surface area contributed by atoms with Crippen LogP contribution in [0.25, 0.3) is 0 Å². The third-order valence-corrected chi connectivity index (χ3v) is 5.23. The van der Waals surface area contributed by atoms with Gasteiger partial charge in [-0.25, -0.2) is 4.98 Å². The highest BCUT2D eigenvalue weighted by atomic mass is 35.5. The molecule has 5 rings (SSSR count). The SMILES string of the molecule is O=C(N[C@H]1CN2CCC1CC2)c1ccc(Oc2ccnc(Cl)c2)cc1. The molecule has 25 heavy (non-hydrogen) atoms. The van der Waals surface area contributed by atoms with Gasteiger partial charge in [-0.3, -0.25) is 4.79 Å². The van der Waals surface area contributed by atoms with E-state index in [1.165, 1.54) is 25.9 Å². The molecule has 0 spiro atoms. The van der Waals surface area contributed by atoms with E-state index in [1.807, 2.05) is 0 Å². The molecule has 4 heterocycles. The molecule has 3 aliphatic heterocycles. The van der Waals surface area contributed by atoms with Crippen molar-refractivity contribution >= 4 is 17.5 Å². The van der Waals surface area contributed by atoms with Gasteiger partial charge in [0.05, 0.1) is 0 Å². The summed E-state index contributed by atoms with van der Waals surface area (Å²) in [6, 6.07) is 10.8. The average molecular weight is 358 g/mol. The standard InChI is InChI=1S/C19H20ClN3O2/c20-18-11-16(5-8-21-18)25-15-3-1-14(2-4-15)19(24)22-17-12-23-9-6-13(17)7-10-23/h1-5,8,11,13,17H,6-7,9-10,12H2,(H,22,24)/t17-/m0/s1. The normalized spacial score (nSPS) is 24.8. The number of aromatic nitrogens is 1. The molecule has 0 radical (unpaired) electrons. The van der Waals surface area contributed by atoms with Crippen molar-refractivity contribution in [1.82, 2.24) is 15.2 Å². The number of pyridine rings is 1. The van der Waals surface area contributed by atoms with Gasteiger partial charge in [0.2, 0.25) is 0 Å². The van der Waals surface area contributed by atoms with E-state index in [0.717, 1.165) is 6.54 Å². The molecule has 2 aromatic rings. The first-order valence-electron chi connectivity index (χ1n) is 8.60. The smallest absolute Gasteiger partial charge is 0.251 e. The van der Waals surface area contributed by atoms with Crippen molar-refractivity contribution in [1.29, 1.82) is 0 Å². The van der Waals surface area contributed by atoms with Crippen LogP contribution in [-0.2, 0) is 0 Å². The molecule has 0 aliphatic carbocycles. The number of nitrogens with zero attached hydrogens (tertiary/aromatic N) is 2. The van der Waals surface area contributed by atoms with Crippen LogP contribution in [0, 0.1) is 5.92 Å². The number of carbonyl (C=O) groups is 1. The highest BCUT2D eigenvalue weighted by molar-refractivity contribution is 6.29. The minimum absolute atomic E-state index is 0.0164. The molecule has 3 aliphatic rings. The van der Waals surface area contributed by atoms with Crippen molar-refractivity contribution in [2.24, 2.45) is 5.92 Å². The zero-order chi connectivity index (χ0) is 17.2. The van der Waals surface area contributed by atoms with Crippen LogP contribution in [0.1, 0.15) is 23.2 Å². The Bertz CT molecular complexity index is 758. The van der Waals surface area contributed by atoms with Gasteiger partial charge in [-0.15, -0.1) is 0 Å². The number of amides is 1. The number of nitrogens with one attached hydrogen (secondary N) is 1. The lowest BCUT2D eigenvalue weighted by Gasteiger charge is -2.44. The maximum atomic E-state index is 12.5. The van der Waals surface area contributed by atoms with Crippen LogP contribution in [0.4, 0.5) is 0 Å². The summed E-state index contributed by atoms with van der Waals surface area (Å²) in [6.45, 7) is 3.31. The highest BCUT2D eigenvalue weighted by Crippen LogP contribution is 2.28. The molecule has 3 fully saturated rings. The zero-order valence-electron chi connectivity index (χ0n) is 13.8. The van der Waals surface area contributed by atoms with Gasteiger partial charge in [0, 0.05) is 30.4 Å². The van der Waals surface area contributed by atoms with Crippen molar-refractivity contribution in [3.05, 3.63) is 53.3 Å².